The maximum Gasteiger partial charge on any atom is 0.229 e. The van der Waals surface area contributed by atoms with E-state index in [-0.39, 0.29) is 5.82 Å². The molecule has 2 aromatic carbocycles. The fourth-order valence-corrected chi connectivity index (χ4v) is 4.68. The predicted octanol–water partition coefficient (Wildman–Crippen LogP) is 3.99. The first-order chi connectivity index (χ1) is 16.2. The van der Waals surface area contributed by atoms with Crippen molar-refractivity contribution in [1.29, 1.82) is 0 Å². The molecule has 0 spiro atoms. The van der Waals surface area contributed by atoms with Crippen molar-refractivity contribution in [2.75, 3.05) is 43.1 Å². The van der Waals surface area contributed by atoms with Gasteiger partial charge < -0.3 is 25.3 Å². The molecule has 4 aromatic rings. The molecule has 1 fully saturated rings. The Morgan fingerprint density at radius 1 is 1.06 bits per heavy atom. The molecule has 1 saturated heterocycles. The van der Waals surface area contributed by atoms with Gasteiger partial charge in [-0.3, -0.25) is 0 Å². The van der Waals surface area contributed by atoms with Gasteiger partial charge in [0, 0.05) is 54.1 Å². The van der Waals surface area contributed by atoms with Crippen molar-refractivity contribution < 1.29 is 9.13 Å². The van der Waals surface area contributed by atoms with Crippen molar-refractivity contribution in [2.45, 2.75) is 13.0 Å². The van der Waals surface area contributed by atoms with Crippen LogP contribution in [-0.2, 0) is 17.7 Å². The van der Waals surface area contributed by atoms with Crippen molar-refractivity contribution in [3.8, 4) is 11.3 Å². The fraction of sp³-hybridized carbons (Fsp3) is 0.280. The van der Waals surface area contributed by atoms with Gasteiger partial charge in [-0.2, -0.15) is 4.98 Å². The van der Waals surface area contributed by atoms with E-state index < -0.39 is 0 Å². The summed E-state index contributed by atoms with van der Waals surface area (Å²) < 4.78 is 20.0. The number of benzene rings is 2. The van der Waals surface area contributed by atoms with Crippen molar-refractivity contribution in [1.82, 2.24) is 20.3 Å². The van der Waals surface area contributed by atoms with Gasteiger partial charge in [0.1, 0.15) is 11.6 Å². The first-order valence-corrected chi connectivity index (χ1v) is 11.3. The molecule has 0 unspecified atom stereocenters. The van der Waals surface area contributed by atoms with Crippen LogP contribution in [-0.4, -0.2) is 47.8 Å². The first-order valence-electron chi connectivity index (χ1n) is 11.3. The van der Waals surface area contributed by atoms with E-state index in [1.54, 1.807) is 6.07 Å². The van der Waals surface area contributed by atoms with Gasteiger partial charge in [-0.05, 0) is 48.4 Å². The van der Waals surface area contributed by atoms with E-state index in [9.17, 15) is 4.39 Å². The molecule has 2 aromatic heterocycles. The zero-order valence-electron chi connectivity index (χ0n) is 18.2. The Kier molecular flexibility index (Phi) is 5.16. The lowest BCUT2D eigenvalue weighted by Crippen LogP contribution is -2.36. The minimum absolute atomic E-state index is 0.302. The zero-order chi connectivity index (χ0) is 22.2. The quantitative estimate of drug-likeness (QED) is 0.442. The van der Waals surface area contributed by atoms with Crippen LogP contribution in [0, 0.1) is 5.82 Å². The second kappa shape index (κ2) is 8.46. The molecule has 0 amide bonds. The maximum atomic E-state index is 14.4. The predicted molar refractivity (Wildman–Crippen MR) is 127 cm³/mol. The number of ether oxygens (including phenoxy) is 1. The third kappa shape index (κ3) is 3.92. The normalized spacial score (nSPS) is 16.1. The molecule has 6 rings (SSSR count). The van der Waals surface area contributed by atoms with Crippen molar-refractivity contribution in [3.05, 3.63) is 65.6 Å². The van der Waals surface area contributed by atoms with Crippen LogP contribution in [0.25, 0.3) is 22.2 Å². The minimum Gasteiger partial charge on any atom is -0.378 e. The molecule has 3 N–H and O–H groups in total. The van der Waals surface area contributed by atoms with Gasteiger partial charge in [-0.15, -0.1) is 0 Å². The van der Waals surface area contributed by atoms with E-state index in [2.05, 4.69) is 38.7 Å². The third-order valence-corrected chi connectivity index (χ3v) is 6.35. The van der Waals surface area contributed by atoms with Crippen LogP contribution in [0.3, 0.4) is 0 Å². The number of aromatic amines is 1. The average Bonchev–Trinajstić information content (AvgIpc) is 3.32. The minimum atomic E-state index is -0.302. The molecule has 4 heterocycles. The van der Waals surface area contributed by atoms with Crippen LogP contribution in [0.15, 0.2) is 48.7 Å². The fourth-order valence-electron chi connectivity index (χ4n) is 4.68. The maximum absolute atomic E-state index is 14.4. The monoisotopic (exact) mass is 444 g/mol. The lowest BCUT2D eigenvalue weighted by molar-refractivity contribution is 0.122. The Balaban J connectivity index is 1.46. The van der Waals surface area contributed by atoms with Gasteiger partial charge in [0.2, 0.25) is 5.95 Å². The summed E-state index contributed by atoms with van der Waals surface area (Å²) in [5.74, 6) is 1.01. The number of fused-ring (bicyclic) bond motifs is 2. The van der Waals surface area contributed by atoms with Gasteiger partial charge in [0.15, 0.2) is 0 Å². The Morgan fingerprint density at radius 2 is 1.97 bits per heavy atom. The first kappa shape index (κ1) is 20.1. The Morgan fingerprint density at radius 3 is 2.88 bits per heavy atom. The van der Waals surface area contributed by atoms with E-state index in [4.69, 9.17) is 14.7 Å². The largest absolute Gasteiger partial charge is 0.378 e. The number of morpholine rings is 1. The highest BCUT2D eigenvalue weighted by Crippen LogP contribution is 2.32. The molecule has 0 aliphatic carbocycles. The molecule has 8 heteroatoms. The van der Waals surface area contributed by atoms with E-state index in [1.807, 2.05) is 18.3 Å². The lowest BCUT2D eigenvalue weighted by atomic mass is 9.99. The molecule has 0 saturated carbocycles. The van der Waals surface area contributed by atoms with Crippen LogP contribution in [0.2, 0.25) is 0 Å². The lowest BCUT2D eigenvalue weighted by Gasteiger charge is -2.28. The van der Waals surface area contributed by atoms with E-state index in [0.29, 0.717) is 24.9 Å². The van der Waals surface area contributed by atoms with Crippen LogP contribution >= 0.6 is 0 Å². The standard InChI is InChI=1S/C25H25FN6O/c26-17-12-19(18-5-7-28-22(18)13-17)23-14-24(32-8-10-33-11-9-32)31-25(30-23)29-21-3-1-2-16-4-6-27-15-20(16)21/h1-3,5,7,12-14,27-28H,4,6,8-11,15H2,(H,29,30,31). The van der Waals surface area contributed by atoms with Crippen LogP contribution in [0.5, 0.6) is 0 Å². The van der Waals surface area contributed by atoms with Crippen LogP contribution < -0.4 is 15.5 Å². The second-order valence-corrected chi connectivity index (χ2v) is 8.42. The molecule has 0 bridgehead atoms. The Bertz CT molecular complexity index is 1310. The van der Waals surface area contributed by atoms with Crippen LogP contribution in [0.1, 0.15) is 11.1 Å². The van der Waals surface area contributed by atoms with E-state index >= 15 is 0 Å². The number of H-pyrrole nitrogens is 1. The number of anilines is 3. The summed E-state index contributed by atoms with van der Waals surface area (Å²) in [5, 5.41) is 7.83. The smallest absolute Gasteiger partial charge is 0.229 e. The molecule has 0 atom stereocenters. The SMILES string of the molecule is Fc1cc(-c2cc(N3CCOCC3)nc(Nc3cccc4c3CNCC4)n2)c2cc[nH]c2c1. The van der Waals surface area contributed by atoms with Crippen molar-refractivity contribution in [3.63, 3.8) is 0 Å². The third-order valence-electron chi connectivity index (χ3n) is 6.35. The molecule has 7 nitrogen and oxygen atoms in total. The highest BCUT2D eigenvalue weighted by Gasteiger charge is 2.19. The number of hydrogen-bond acceptors (Lipinski definition) is 6. The number of nitrogens with one attached hydrogen (secondary N) is 3. The number of hydrogen-bond donors (Lipinski definition) is 3. The summed E-state index contributed by atoms with van der Waals surface area (Å²) in [5.41, 5.74) is 5.74. The highest BCUT2D eigenvalue weighted by atomic mass is 19.1. The van der Waals surface area contributed by atoms with E-state index in [1.165, 1.54) is 17.2 Å². The van der Waals surface area contributed by atoms with Gasteiger partial charge in [0.25, 0.3) is 0 Å². The number of halogens is 1. The molecular weight excluding hydrogens is 419 g/mol. The summed E-state index contributed by atoms with van der Waals surface area (Å²) in [4.78, 5) is 15.0. The van der Waals surface area contributed by atoms with Gasteiger partial charge in [-0.25, -0.2) is 9.37 Å². The number of rotatable bonds is 4. The molecule has 168 valence electrons. The Hall–Kier alpha value is -3.49. The molecule has 2 aliphatic rings. The summed E-state index contributed by atoms with van der Waals surface area (Å²) in [6.07, 6.45) is 2.82. The van der Waals surface area contributed by atoms with Crippen molar-refractivity contribution in [2.24, 2.45) is 0 Å². The average molecular weight is 445 g/mol. The molecular formula is C25H25FN6O. The van der Waals surface area contributed by atoms with Crippen molar-refractivity contribution >= 4 is 28.4 Å². The van der Waals surface area contributed by atoms with Crippen LogP contribution in [0.4, 0.5) is 21.8 Å². The van der Waals surface area contributed by atoms with E-state index in [0.717, 1.165) is 60.6 Å². The molecule has 0 radical (unpaired) electrons. The topological polar surface area (TPSA) is 78.1 Å². The number of aromatic nitrogens is 3. The summed E-state index contributed by atoms with van der Waals surface area (Å²) in [7, 11) is 0. The van der Waals surface area contributed by atoms with Gasteiger partial charge >= 0.3 is 0 Å². The molecule has 33 heavy (non-hydrogen) atoms. The summed E-state index contributed by atoms with van der Waals surface area (Å²) in [6.45, 7) is 4.61. The zero-order valence-corrected chi connectivity index (χ0v) is 18.2. The molecule has 2 aliphatic heterocycles. The summed E-state index contributed by atoms with van der Waals surface area (Å²) >= 11 is 0. The second-order valence-electron chi connectivity index (χ2n) is 8.42. The Labute approximate surface area is 191 Å². The highest BCUT2D eigenvalue weighted by molar-refractivity contribution is 5.94. The van der Waals surface area contributed by atoms with Gasteiger partial charge in [0.05, 0.1) is 18.9 Å². The van der Waals surface area contributed by atoms with Gasteiger partial charge in [-0.1, -0.05) is 12.1 Å². The number of nitrogens with zero attached hydrogens (tertiary/aromatic N) is 3. The summed E-state index contributed by atoms with van der Waals surface area (Å²) in [6, 6.07) is 13.2.